The quantitative estimate of drug-likeness (QED) is 0.533. The number of methoxy groups -OCH3 is 1. The summed E-state index contributed by atoms with van der Waals surface area (Å²) in [4.78, 5) is 12.4. The van der Waals surface area contributed by atoms with Crippen molar-refractivity contribution in [1.29, 1.82) is 0 Å². The molecule has 0 spiro atoms. The number of allylic oxidation sites excluding steroid dienone is 1. The number of hydrogen-bond acceptors (Lipinski definition) is 4. The average molecular weight is 326 g/mol. The fourth-order valence-electron chi connectivity index (χ4n) is 2.29. The van der Waals surface area contributed by atoms with Gasteiger partial charge in [-0.2, -0.15) is 0 Å². The molecule has 0 heterocycles. The highest BCUT2D eigenvalue weighted by molar-refractivity contribution is 6.08. The molecule has 0 N–H and O–H groups in total. The third kappa shape index (κ3) is 4.38. The molecule has 0 unspecified atom stereocenters. The van der Waals surface area contributed by atoms with Crippen LogP contribution in [-0.4, -0.2) is 26.1 Å². The lowest BCUT2D eigenvalue weighted by atomic mass is 10.1. The molecular formula is C20H22O4. The number of para-hydroxylation sites is 1. The SMILES string of the molecule is CCOc1ccc(/C=C/C(=O)c2ccccc2OC)c(OCC)c1. The van der Waals surface area contributed by atoms with Crippen molar-refractivity contribution in [3.63, 3.8) is 0 Å². The van der Waals surface area contributed by atoms with E-state index in [1.165, 1.54) is 6.08 Å². The van der Waals surface area contributed by atoms with Crippen LogP contribution in [0.25, 0.3) is 6.08 Å². The predicted molar refractivity (Wildman–Crippen MR) is 95.1 cm³/mol. The summed E-state index contributed by atoms with van der Waals surface area (Å²) >= 11 is 0. The summed E-state index contributed by atoms with van der Waals surface area (Å²) in [6.07, 6.45) is 3.27. The number of carbonyl (C=O) groups is 1. The summed E-state index contributed by atoms with van der Waals surface area (Å²) in [7, 11) is 1.55. The summed E-state index contributed by atoms with van der Waals surface area (Å²) in [6.45, 7) is 4.98. The van der Waals surface area contributed by atoms with Gasteiger partial charge in [-0.25, -0.2) is 0 Å². The topological polar surface area (TPSA) is 44.8 Å². The first-order chi connectivity index (χ1) is 11.7. The van der Waals surface area contributed by atoms with Crippen molar-refractivity contribution >= 4 is 11.9 Å². The molecule has 0 fully saturated rings. The zero-order valence-corrected chi connectivity index (χ0v) is 14.2. The van der Waals surface area contributed by atoms with Gasteiger partial charge in [0.05, 0.1) is 25.9 Å². The van der Waals surface area contributed by atoms with Gasteiger partial charge < -0.3 is 14.2 Å². The second kappa shape index (κ2) is 8.77. The van der Waals surface area contributed by atoms with E-state index in [2.05, 4.69) is 0 Å². The molecule has 4 nitrogen and oxygen atoms in total. The van der Waals surface area contributed by atoms with E-state index in [1.807, 2.05) is 44.2 Å². The second-order valence-corrected chi connectivity index (χ2v) is 4.96. The third-order valence-electron chi connectivity index (χ3n) is 3.38. The largest absolute Gasteiger partial charge is 0.496 e. The molecule has 4 heteroatoms. The van der Waals surface area contributed by atoms with E-state index in [0.29, 0.717) is 30.3 Å². The molecule has 0 aliphatic carbocycles. The van der Waals surface area contributed by atoms with E-state index in [4.69, 9.17) is 14.2 Å². The second-order valence-electron chi connectivity index (χ2n) is 4.96. The Bertz CT molecular complexity index is 719. The number of ketones is 1. The van der Waals surface area contributed by atoms with Crippen molar-refractivity contribution in [2.24, 2.45) is 0 Å². The maximum atomic E-state index is 12.4. The predicted octanol–water partition coefficient (Wildman–Crippen LogP) is 4.39. The van der Waals surface area contributed by atoms with Gasteiger partial charge in [-0.15, -0.1) is 0 Å². The van der Waals surface area contributed by atoms with Crippen LogP contribution < -0.4 is 14.2 Å². The van der Waals surface area contributed by atoms with Gasteiger partial charge in [-0.3, -0.25) is 4.79 Å². The highest BCUT2D eigenvalue weighted by atomic mass is 16.5. The van der Waals surface area contributed by atoms with Crippen LogP contribution >= 0.6 is 0 Å². The Morgan fingerprint density at radius 3 is 2.46 bits per heavy atom. The van der Waals surface area contributed by atoms with Crippen LogP contribution in [0.1, 0.15) is 29.8 Å². The summed E-state index contributed by atoms with van der Waals surface area (Å²) in [6, 6.07) is 12.7. The van der Waals surface area contributed by atoms with Crippen molar-refractivity contribution in [3.8, 4) is 17.2 Å². The van der Waals surface area contributed by atoms with Crippen LogP contribution in [0.4, 0.5) is 0 Å². The summed E-state index contributed by atoms with van der Waals surface area (Å²) in [5.41, 5.74) is 1.35. The molecule has 0 saturated carbocycles. The van der Waals surface area contributed by atoms with Crippen molar-refractivity contribution in [2.45, 2.75) is 13.8 Å². The minimum atomic E-state index is -0.121. The van der Waals surface area contributed by atoms with Gasteiger partial charge in [0.1, 0.15) is 17.2 Å². The molecule has 2 rings (SSSR count). The highest BCUT2D eigenvalue weighted by Gasteiger charge is 2.09. The Morgan fingerprint density at radius 2 is 1.75 bits per heavy atom. The lowest BCUT2D eigenvalue weighted by Crippen LogP contribution is -1.99. The van der Waals surface area contributed by atoms with Crippen molar-refractivity contribution in [3.05, 3.63) is 59.7 Å². The zero-order chi connectivity index (χ0) is 17.4. The van der Waals surface area contributed by atoms with Crippen LogP contribution in [0, 0.1) is 0 Å². The summed E-state index contributed by atoms with van der Waals surface area (Å²) < 4.78 is 16.4. The van der Waals surface area contributed by atoms with E-state index >= 15 is 0 Å². The standard InChI is InChI=1S/C20H22O4/c1-4-23-16-12-10-15(20(14-16)24-5-2)11-13-18(21)17-8-6-7-9-19(17)22-3/h6-14H,4-5H2,1-3H3/b13-11+. The first kappa shape index (κ1) is 17.6. The molecule has 0 atom stereocenters. The van der Waals surface area contributed by atoms with E-state index in [1.54, 1.807) is 25.3 Å². The van der Waals surface area contributed by atoms with Crippen LogP contribution in [0.15, 0.2) is 48.5 Å². The van der Waals surface area contributed by atoms with Gasteiger partial charge in [0.2, 0.25) is 0 Å². The molecule has 24 heavy (non-hydrogen) atoms. The fourth-order valence-corrected chi connectivity index (χ4v) is 2.29. The molecule has 2 aromatic rings. The van der Waals surface area contributed by atoms with E-state index in [9.17, 15) is 4.79 Å². The summed E-state index contributed by atoms with van der Waals surface area (Å²) in [5.74, 6) is 1.87. The van der Waals surface area contributed by atoms with E-state index in [0.717, 1.165) is 11.3 Å². The fraction of sp³-hybridized carbons (Fsp3) is 0.250. The van der Waals surface area contributed by atoms with Gasteiger partial charge >= 0.3 is 0 Å². The number of rotatable bonds is 8. The minimum Gasteiger partial charge on any atom is -0.496 e. The van der Waals surface area contributed by atoms with Crippen LogP contribution in [0.3, 0.4) is 0 Å². The Hall–Kier alpha value is -2.75. The van der Waals surface area contributed by atoms with Crippen LogP contribution in [0.2, 0.25) is 0 Å². The lowest BCUT2D eigenvalue weighted by molar-refractivity contribution is 0.104. The normalized spacial score (nSPS) is 10.6. The molecule has 2 aromatic carbocycles. The number of carbonyl (C=O) groups excluding carboxylic acids is 1. The smallest absolute Gasteiger partial charge is 0.189 e. The minimum absolute atomic E-state index is 0.121. The molecule has 126 valence electrons. The molecular weight excluding hydrogens is 304 g/mol. The number of hydrogen-bond donors (Lipinski definition) is 0. The van der Waals surface area contributed by atoms with Gasteiger partial charge in [-0.05, 0) is 50.3 Å². The Balaban J connectivity index is 2.25. The van der Waals surface area contributed by atoms with E-state index in [-0.39, 0.29) is 5.78 Å². The van der Waals surface area contributed by atoms with Crippen molar-refractivity contribution in [2.75, 3.05) is 20.3 Å². The van der Waals surface area contributed by atoms with Gasteiger partial charge in [-0.1, -0.05) is 12.1 Å². The monoisotopic (exact) mass is 326 g/mol. The zero-order valence-electron chi connectivity index (χ0n) is 14.2. The molecule has 0 amide bonds. The van der Waals surface area contributed by atoms with Gasteiger partial charge in [0.15, 0.2) is 5.78 Å². The number of ether oxygens (including phenoxy) is 3. The third-order valence-corrected chi connectivity index (χ3v) is 3.38. The molecule has 0 radical (unpaired) electrons. The van der Waals surface area contributed by atoms with Gasteiger partial charge in [0.25, 0.3) is 0 Å². The average Bonchev–Trinajstić information content (AvgIpc) is 2.61. The molecule has 0 saturated heterocycles. The molecule has 0 aliphatic rings. The van der Waals surface area contributed by atoms with Crippen LogP contribution in [0.5, 0.6) is 17.2 Å². The molecule has 0 aliphatic heterocycles. The van der Waals surface area contributed by atoms with Crippen molar-refractivity contribution in [1.82, 2.24) is 0 Å². The summed E-state index contributed by atoms with van der Waals surface area (Å²) in [5, 5.41) is 0. The Morgan fingerprint density at radius 1 is 1.00 bits per heavy atom. The van der Waals surface area contributed by atoms with Gasteiger partial charge in [0, 0.05) is 11.6 Å². The maximum absolute atomic E-state index is 12.4. The number of benzene rings is 2. The Labute approximate surface area is 142 Å². The Kier molecular flexibility index (Phi) is 6.43. The first-order valence-corrected chi connectivity index (χ1v) is 7.94. The highest BCUT2D eigenvalue weighted by Crippen LogP contribution is 2.27. The van der Waals surface area contributed by atoms with Crippen LogP contribution in [-0.2, 0) is 0 Å². The first-order valence-electron chi connectivity index (χ1n) is 7.94. The maximum Gasteiger partial charge on any atom is 0.189 e. The van der Waals surface area contributed by atoms with Crippen molar-refractivity contribution < 1.29 is 19.0 Å². The molecule has 0 bridgehead atoms. The van der Waals surface area contributed by atoms with E-state index < -0.39 is 0 Å². The lowest BCUT2D eigenvalue weighted by Gasteiger charge is -2.10. The molecule has 0 aromatic heterocycles.